The second-order valence-electron chi connectivity index (χ2n) is 5.32. The lowest BCUT2D eigenvalue weighted by molar-refractivity contribution is -0.696. The maximum atomic E-state index is 9.34. The van der Waals surface area contributed by atoms with Gasteiger partial charge in [-0.15, -0.1) is 0 Å². The number of imidazole rings is 1. The Morgan fingerprint density at radius 3 is 2.14 bits per heavy atom. The standard InChI is InChI=1S/C13H24N2.C3H6O3/c1-2-3-4-5-6-7-8-9-11-15-12-10-14-13-15;1-2(4)3(5)6/h10,12-13H,2-9,11H2,1H3;2,4H,1H3,(H,5,6)/t;2-/m.0/s1. The summed E-state index contributed by atoms with van der Waals surface area (Å²) in [5, 5.41) is 17.3. The molecule has 0 aliphatic carbocycles. The van der Waals surface area contributed by atoms with Crippen LogP contribution in [0, 0.1) is 0 Å². The summed E-state index contributed by atoms with van der Waals surface area (Å²) in [5.74, 6) is -1.44. The number of carboxylic acid groups (broad SMARTS) is 1. The van der Waals surface area contributed by atoms with Crippen LogP contribution < -0.4 is 9.67 Å². The number of nitrogens with one attached hydrogen (secondary N) is 1. The van der Waals surface area contributed by atoms with Crippen molar-refractivity contribution in [2.75, 3.05) is 0 Å². The number of hydrogen-bond acceptors (Lipinski definition) is 3. The molecule has 1 aromatic heterocycles. The smallest absolute Gasteiger partial charge is 0.241 e. The van der Waals surface area contributed by atoms with Gasteiger partial charge in [-0.05, 0) is 19.8 Å². The van der Waals surface area contributed by atoms with E-state index in [0.717, 1.165) is 6.92 Å². The molecule has 0 aromatic carbocycles. The van der Waals surface area contributed by atoms with E-state index in [9.17, 15) is 9.90 Å². The van der Waals surface area contributed by atoms with Crippen LogP contribution in [0.5, 0.6) is 0 Å². The maximum Gasteiger partial charge on any atom is 0.241 e. The lowest BCUT2D eigenvalue weighted by Gasteiger charge is -2.00. The molecule has 0 fully saturated rings. The molecule has 0 aliphatic rings. The molecule has 5 nitrogen and oxygen atoms in total. The van der Waals surface area contributed by atoms with Gasteiger partial charge in [0.2, 0.25) is 6.33 Å². The van der Waals surface area contributed by atoms with E-state index in [1.807, 2.05) is 12.5 Å². The number of H-pyrrole nitrogens is 1. The van der Waals surface area contributed by atoms with Gasteiger partial charge in [0, 0.05) is 0 Å². The van der Waals surface area contributed by atoms with Crippen molar-refractivity contribution in [1.29, 1.82) is 0 Å². The van der Waals surface area contributed by atoms with Gasteiger partial charge in [-0.1, -0.05) is 45.4 Å². The monoisotopic (exact) mass is 298 g/mol. The van der Waals surface area contributed by atoms with Crippen LogP contribution in [0.25, 0.3) is 0 Å². The van der Waals surface area contributed by atoms with Gasteiger partial charge in [0.15, 0.2) is 0 Å². The Hall–Kier alpha value is -1.36. The van der Waals surface area contributed by atoms with Gasteiger partial charge in [-0.2, -0.15) is 0 Å². The lowest BCUT2D eigenvalue weighted by Crippen LogP contribution is -2.32. The average Bonchev–Trinajstić information content (AvgIpc) is 2.95. The summed E-state index contributed by atoms with van der Waals surface area (Å²) in [6.07, 6.45) is 15.9. The van der Waals surface area contributed by atoms with Gasteiger partial charge in [-0.3, -0.25) is 4.98 Å². The number of aliphatic carboxylic acids is 1. The van der Waals surface area contributed by atoms with Gasteiger partial charge >= 0.3 is 0 Å². The molecule has 0 saturated heterocycles. The first-order valence-corrected chi connectivity index (χ1v) is 7.98. The van der Waals surface area contributed by atoms with Crippen LogP contribution in [0.2, 0.25) is 0 Å². The number of aryl methyl sites for hydroxylation is 1. The number of aromatic nitrogens is 2. The fraction of sp³-hybridized carbons (Fsp3) is 0.750. The van der Waals surface area contributed by atoms with Crippen molar-refractivity contribution < 1.29 is 19.6 Å². The van der Waals surface area contributed by atoms with Crippen molar-refractivity contribution in [3.63, 3.8) is 0 Å². The minimum absolute atomic E-state index is 1.13. The van der Waals surface area contributed by atoms with Gasteiger partial charge < -0.3 is 15.0 Å². The number of aromatic amines is 1. The zero-order valence-corrected chi connectivity index (χ0v) is 13.4. The molecule has 0 radical (unpaired) electrons. The molecule has 21 heavy (non-hydrogen) atoms. The van der Waals surface area contributed by atoms with Crippen molar-refractivity contribution in [2.45, 2.75) is 77.9 Å². The molecule has 5 heteroatoms. The fourth-order valence-corrected chi connectivity index (χ4v) is 1.89. The number of rotatable bonds is 10. The molecule has 0 unspecified atom stereocenters. The Kier molecular flexibility index (Phi) is 12.7. The predicted molar refractivity (Wildman–Crippen MR) is 80.3 cm³/mol. The number of carbonyl (C=O) groups excluding carboxylic acids is 1. The van der Waals surface area contributed by atoms with Crippen molar-refractivity contribution in [1.82, 2.24) is 4.98 Å². The number of carboxylic acids is 1. The zero-order chi connectivity index (χ0) is 15.9. The van der Waals surface area contributed by atoms with E-state index in [0.29, 0.717) is 0 Å². The van der Waals surface area contributed by atoms with Crippen LogP contribution >= 0.6 is 0 Å². The first kappa shape index (κ1) is 19.6. The van der Waals surface area contributed by atoms with Crippen molar-refractivity contribution in [3.05, 3.63) is 18.7 Å². The number of unbranched alkanes of at least 4 members (excludes halogenated alkanes) is 7. The van der Waals surface area contributed by atoms with Crippen LogP contribution in [0.1, 0.15) is 65.2 Å². The van der Waals surface area contributed by atoms with E-state index < -0.39 is 12.1 Å². The molecule has 0 spiro atoms. The SMILES string of the molecule is CCCCCCCCCC[n+]1cc[nH]c1.C[C@H](O)C(=O)[O-]. The highest BCUT2D eigenvalue weighted by atomic mass is 16.4. The molecular formula is C16H30N2O3. The van der Waals surface area contributed by atoms with Gasteiger partial charge in [0.05, 0.1) is 18.6 Å². The highest BCUT2D eigenvalue weighted by Gasteiger charge is 1.96. The third-order valence-electron chi connectivity index (χ3n) is 3.21. The molecule has 0 bridgehead atoms. The third kappa shape index (κ3) is 13.4. The van der Waals surface area contributed by atoms with Gasteiger partial charge in [0.25, 0.3) is 0 Å². The zero-order valence-electron chi connectivity index (χ0n) is 13.4. The molecule has 1 atom stereocenters. The summed E-state index contributed by atoms with van der Waals surface area (Å²) in [6, 6.07) is 0. The molecule has 2 N–H and O–H groups in total. The van der Waals surface area contributed by atoms with Crippen LogP contribution in [0.15, 0.2) is 18.7 Å². The number of aliphatic hydroxyl groups is 1. The largest absolute Gasteiger partial charge is 0.547 e. The topological polar surface area (TPSA) is 80.0 Å². The minimum Gasteiger partial charge on any atom is -0.547 e. The first-order valence-electron chi connectivity index (χ1n) is 7.98. The van der Waals surface area contributed by atoms with E-state index in [-0.39, 0.29) is 0 Å². The second-order valence-corrected chi connectivity index (χ2v) is 5.32. The Labute approximate surface area is 128 Å². The molecular weight excluding hydrogens is 268 g/mol. The summed E-state index contributed by atoms with van der Waals surface area (Å²) in [6.45, 7) is 4.57. The predicted octanol–water partition coefficient (Wildman–Crippen LogP) is 1.56. The van der Waals surface area contributed by atoms with E-state index in [2.05, 4.69) is 22.7 Å². The summed E-state index contributed by atoms with van der Waals surface area (Å²) in [5.41, 5.74) is 0. The highest BCUT2D eigenvalue weighted by Crippen LogP contribution is 2.08. The molecule has 1 rings (SSSR count). The Morgan fingerprint density at radius 1 is 1.19 bits per heavy atom. The third-order valence-corrected chi connectivity index (χ3v) is 3.21. The molecule has 1 aromatic rings. The van der Waals surface area contributed by atoms with Crippen molar-refractivity contribution >= 4 is 5.97 Å². The average molecular weight is 298 g/mol. The number of nitrogens with zero attached hydrogens (tertiary/aromatic N) is 1. The van der Waals surface area contributed by atoms with Crippen LogP contribution in [-0.2, 0) is 11.3 Å². The van der Waals surface area contributed by atoms with E-state index in [1.54, 1.807) is 0 Å². The van der Waals surface area contributed by atoms with E-state index in [4.69, 9.17) is 5.11 Å². The quantitative estimate of drug-likeness (QED) is 0.508. The van der Waals surface area contributed by atoms with E-state index in [1.165, 1.54) is 57.9 Å². The Morgan fingerprint density at radius 2 is 1.71 bits per heavy atom. The van der Waals surface area contributed by atoms with Crippen LogP contribution in [0.4, 0.5) is 0 Å². The fourth-order valence-electron chi connectivity index (χ4n) is 1.89. The van der Waals surface area contributed by atoms with E-state index >= 15 is 0 Å². The molecule has 122 valence electrons. The summed E-state index contributed by atoms with van der Waals surface area (Å²) in [7, 11) is 0. The van der Waals surface area contributed by atoms with Gasteiger partial charge in [-0.25, -0.2) is 4.57 Å². The van der Waals surface area contributed by atoms with Crippen LogP contribution in [-0.4, -0.2) is 22.2 Å². The molecule has 0 saturated carbocycles. The maximum absolute atomic E-state index is 9.34. The second kappa shape index (κ2) is 13.6. The van der Waals surface area contributed by atoms with Crippen LogP contribution in [0.3, 0.4) is 0 Å². The van der Waals surface area contributed by atoms with Gasteiger partial charge in [0.1, 0.15) is 12.4 Å². The molecule has 0 aliphatic heterocycles. The lowest BCUT2D eigenvalue weighted by atomic mass is 10.1. The highest BCUT2D eigenvalue weighted by molar-refractivity contribution is 5.68. The summed E-state index contributed by atoms with van der Waals surface area (Å²) < 4.78 is 2.22. The molecule has 0 amide bonds. The number of aliphatic hydroxyl groups excluding tert-OH is 1. The molecule has 1 heterocycles. The minimum atomic E-state index is -1.44. The summed E-state index contributed by atoms with van der Waals surface area (Å²) in [4.78, 5) is 12.4. The normalized spacial score (nSPS) is 11.6. The Balaban J connectivity index is 0.000000567. The van der Waals surface area contributed by atoms with Crippen molar-refractivity contribution in [2.24, 2.45) is 0 Å². The number of hydrogen-bond donors (Lipinski definition) is 2. The first-order chi connectivity index (χ1) is 10.1. The van der Waals surface area contributed by atoms with Crippen molar-refractivity contribution in [3.8, 4) is 0 Å². The summed E-state index contributed by atoms with van der Waals surface area (Å²) >= 11 is 0. The number of carbonyl (C=O) groups is 1. The Bertz CT molecular complexity index is 337.